The van der Waals surface area contributed by atoms with E-state index in [1.165, 1.54) is 21.4 Å². The SMILES string of the molecule is Cc1ccc(-n2c(=O)ccn(Cc3cc4cc(C)ccc4o3)c2=O)cc1. The summed E-state index contributed by atoms with van der Waals surface area (Å²) in [5, 5.41) is 1.000. The van der Waals surface area contributed by atoms with Crippen LogP contribution in [0.3, 0.4) is 0 Å². The molecule has 0 radical (unpaired) electrons. The van der Waals surface area contributed by atoms with E-state index in [4.69, 9.17) is 4.42 Å². The highest BCUT2D eigenvalue weighted by molar-refractivity contribution is 5.78. The van der Waals surface area contributed by atoms with Crippen LogP contribution in [0.25, 0.3) is 16.7 Å². The van der Waals surface area contributed by atoms with Crippen molar-refractivity contribution >= 4 is 11.0 Å². The minimum Gasteiger partial charge on any atom is -0.459 e. The number of hydrogen-bond acceptors (Lipinski definition) is 3. The fourth-order valence-electron chi connectivity index (χ4n) is 3.03. The van der Waals surface area contributed by atoms with E-state index in [1.807, 2.05) is 50.2 Å². The predicted octanol–water partition coefficient (Wildman–Crippen LogP) is 3.41. The summed E-state index contributed by atoms with van der Waals surface area (Å²) in [5.41, 5.74) is 2.81. The lowest BCUT2D eigenvalue weighted by molar-refractivity contribution is 0.515. The molecule has 0 unspecified atom stereocenters. The zero-order valence-electron chi connectivity index (χ0n) is 14.6. The van der Waals surface area contributed by atoms with Crippen LogP contribution in [0.4, 0.5) is 0 Å². The highest BCUT2D eigenvalue weighted by atomic mass is 16.3. The standard InChI is InChI=1S/C21H18N2O3/c1-14-3-6-17(7-4-14)23-20(24)9-10-22(21(23)25)13-18-12-16-11-15(2)5-8-19(16)26-18/h3-12H,13H2,1-2H3. The fourth-order valence-corrected chi connectivity index (χ4v) is 3.03. The molecule has 0 bridgehead atoms. The zero-order valence-corrected chi connectivity index (χ0v) is 14.6. The molecule has 2 heterocycles. The van der Waals surface area contributed by atoms with Gasteiger partial charge in [-0.25, -0.2) is 9.36 Å². The zero-order chi connectivity index (χ0) is 18.3. The van der Waals surface area contributed by atoms with E-state index in [1.54, 1.807) is 12.1 Å². The van der Waals surface area contributed by atoms with E-state index in [0.717, 1.165) is 22.1 Å². The van der Waals surface area contributed by atoms with E-state index < -0.39 is 5.69 Å². The Hall–Kier alpha value is -3.34. The molecule has 5 nitrogen and oxygen atoms in total. The average molecular weight is 346 g/mol. The number of furan rings is 1. The maximum atomic E-state index is 12.8. The number of aromatic nitrogens is 2. The third-order valence-corrected chi connectivity index (χ3v) is 4.40. The van der Waals surface area contributed by atoms with Crippen molar-refractivity contribution in [3.8, 4) is 5.69 Å². The molecule has 0 saturated carbocycles. The molecule has 0 aliphatic rings. The van der Waals surface area contributed by atoms with Crippen LogP contribution in [0.1, 0.15) is 16.9 Å². The normalized spacial score (nSPS) is 11.2. The Labute approximate surface area is 149 Å². The van der Waals surface area contributed by atoms with Gasteiger partial charge in [0.05, 0.1) is 12.2 Å². The molecule has 0 N–H and O–H groups in total. The maximum Gasteiger partial charge on any atom is 0.336 e. The van der Waals surface area contributed by atoms with E-state index in [0.29, 0.717) is 11.4 Å². The molecule has 0 spiro atoms. The lowest BCUT2D eigenvalue weighted by Crippen LogP contribution is -2.37. The molecule has 130 valence electrons. The maximum absolute atomic E-state index is 12.8. The van der Waals surface area contributed by atoms with Crippen LogP contribution in [0.5, 0.6) is 0 Å². The van der Waals surface area contributed by atoms with Crippen molar-refractivity contribution in [2.24, 2.45) is 0 Å². The quantitative estimate of drug-likeness (QED) is 0.571. The summed E-state index contributed by atoms with van der Waals surface area (Å²) in [5.74, 6) is 0.668. The van der Waals surface area contributed by atoms with E-state index in [9.17, 15) is 9.59 Å². The van der Waals surface area contributed by atoms with Crippen LogP contribution >= 0.6 is 0 Å². The Morgan fingerprint density at radius 2 is 1.62 bits per heavy atom. The summed E-state index contributed by atoms with van der Waals surface area (Å²) >= 11 is 0. The molecule has 0 atom stereocenters. The Morgan fingerprint density at radius 1 is 0.885 bits per heavy atom. The van der Waals surface area contributed by atoms with E-state index >= 15 is 0 Å². The van der Waals surface area contributed by atoms with Gasteiger partial charge in [0.25, 0.3) is 5.56 Å². The molecule has 5 heteroatoms. The summed E-state index contributed by atoms with van der Waals surface area (Å²) in [4.78, 5) is 25.1. The first-order valence-corrected chi connectivity index (χ1v) is 8.40. The summed E-state index contributed by atoms with van der Waals surface area (Å²) in [6.45, 7) is 4.24. The van der Waals surface area contributed by atoms with Gasteiger partial charge in [-0.15, -0.1) is 0 Å². The molecule has 0 saturated heterocycles. The molecule has 4 rings (SSSR count). The van der Waals surface area contributed by atoms with Crippen molar-refractivity contribution < 1.29 is 4.42 Å². The number of fused-ring (bicyclic) bond motifs is 1. The van der Waals surface area contributed by atoms with Crippen LogP contribution in [0, 0.1) is 13.8 Å². The lowest BCUT2D eigenvalue weighted by atomic mass is 10.2. The Morgan fingerprint density at radius 3 is 2.38 bits per heavy atom. The van der Waals surface area contributed by atoms with Crippen LogP contribution in [0.2, 0.25) is 0 Å². The molecular formula is C21H18N2O3. The largest absolute Gasteiger partial charge is 0.459 e. The lowest BCUT2D eigenvalue weighted by Gasteiger charge is -2.09. The molecule has 4 aromatic rings. The molecule has 2 aromatic carbocycles. The van der Waals surface area contributed by atoms with Gasteiger partial charge in [-0.05, 0) is 44.2 Å². The van der Waals surface area contributed by atoms with Crippen LogP contribution < -0.4 is 11.2 Å². The number of benzene rings is 2. The van der Waals surface area contributed by atoms with Gasteiger partial charge >= 0.3 is 5.69 Å². The smallest absolute Gasteiger partial charge is 0.336 e. The predicted molar refractivity (Wildman–Crippen MR) is 101 cm³/mol. The van der Waals surface area contributed by atoms with Crippen LogP contribution in [-0.4, -0.2) is 9.13 Å². The van der Waals surface area contributed by atoms with Crippen LogP contribution in [0.15, 0.2) is 74.8 Å². The van der Waals surface area contributed by atoms with Crippen molar-refractivity contribution in [1.82, 2.24) is 9.13 Å². The second kappa shape index (κ2) is 6.19. The van der Waals surface area contributed by atoms with Gasteiger partial charge in [0.15, 0.2) is 0 Å². The van der Waals surface area contributed by atoms with Gasteiger partial charge in [0.1, 0.15) is 11.3 Å². The highest BCUT2D eigenvalue weighted by Gasteiger charge is 2.10. The van der Waals surface area contributed by atoms with Gasteiger partial charge in [-0.3, -0.25) is 9.36 Å². The molecule has 0 aliphatic heterocycles. The number of aryl methyl sites for hydroxylation is 2. The monoisotopic (exact) mass is 346 g/mol. The third kappa shape index (κ3) is 2.88. The molecule has 26 heavy (non-hydrogen) atoms. The van der Waals surface area contributed by atoms with Crippen LogP contribution in [-0.2, 0) is 6.54 Å². The first kappa shape index (κ1) is 16.1. The third-order valence-electron chi connectivity index (χ3n) is 4.40. The number of hydrogen-bond donors (Lipinski definition) is 0. The molecule has 0 aliphatic carbocycles. The van der Waals surface area contributed by atoms with Gasteiger partial charge in [0, 0.05) is 17.6 Å². The second-order valence-corrected chi connectivity index (χ2v) is 6.49. The van der Waals surface area contributed by atoms with Gasteiger partial charge < -0.3 is 4.42 Å². The summed E-state index contributed by atoms with van der Waals surface area (Å²) in [7, 11) is 0. The average Bonchev–Trinajstić information content (AvgIpc) is 3.00. The molecule has 2 aromatic heterocycles. The van der Waals surface area contributed by atoms with Crippen molar-refractivity contribution in [1.29, 1.82) is 0 Å². The summed E-state index contributed by atoms with van der Waals surface area (Å²) < 4.78 is 8.48. The number of nitrogens with zero attached hydrogens (tertiary/aromatic N) is 2. The molecule has 0 amide bonds. The fraction of sp³-hybridized carbons (Fsp3) is 0.143. The van der Waals surface area contributed by atoms with Crippen molar-refractivity contribution in [3.63, 3.8) is 0 Å². The Bertz CT molecular complexity index is 1210. The Balaban J connectivity index is 1.77. The van der Waals surface area contributed by atoms with Gasteiger partial charge in [-0.2, -0.15) is 0 Å². The Kier molecular flexibility index (Phi) is 3.84. The minimum absolute atomic E-state index is 0.263. The van der Waals surface area contributed by atoms with E-state index in [2.05, 4.69) is 0 Å². The summed E-state index contributed by atoms with van der Waals surface area (Å²) in [6, 6.07) is 16.6. The van der Waals surface area contributed by atoms with Gasteiger partial charge in [0.2, 0.25) is 0 Å². The molecule has 0 fully saturated rings. The number of rotatable bonds is 3. The topological polar surface area (TPSA) is 57.1 Å². The first-order valence-electron chi connectivity index (χ1n) is 8.40. The summed E-state index contributed by atoms with van der Waals surface area (Å²) in [6.07, 6.45) is 1.51. The minimum atomic E-state index is -0.391. The van der Waals surface area contributed by atoms with Crippen molar-refractivity contribution in [2.45, 2.75) is 20.4 Å². The highest BCUT2D eigenvalue weighted by Crippen LogP contribution is 2.21. The van der Waals surface area contributed by atoms with Crippen molar-refractivity contribution in [3.05, 3.63) is 98.5 Å². The van der Waals surface area contributed by atoms with Gasteiger partial charge in [-0.1, -0.05) is 29.3 Å². The molecular weight excluding hydrogens is 328 g/mol. The van der Waals surface area contributed by atoms with E-state index in [-0.39, 0.29) is 12.1 Å². The first-order chi connectivity index (χ1) is 12.5. The van der Waals surface area contributed by atoms with Crippen molar-refractivity contribution in [2.75, 3.05) is 0 Å². The second-order valence-electron chi connectivity index (χ2n) is 6.49.